The van der Waals surface area contributed by atoms with Crippen LogP contribution in [0.1, 0.15) is 0 Å². The normalized spacial score (nSPS) is 15.9. The fourth-order valence-corrected chi connectivity index (χ4v) is 3.36. The monoisotopic (exact) mass is 288 g/mol. The highest BCUT2D eigenvalue weighted by Gasteiger charge is 2.14. The van der Waals surface area contributed by atoms with E-state index in [1.54, 1.807) is 11.3 Å². The Balaban J connectivity index is 0.00000108. The van der Waals surface area contributed by atoms with E-state index in [1.807, 2.05) is 0 Å². The molecule has 1 saturated heterocycles. The van der Waals surface area contributed by atoms with Crippen LogP contribution in [0.25, 0.3) is 10.1 Å². The molecule has 0 unspecified atom stereocenters. The minimum absolute atomic E-state index is 0. The van der Waals surface area contributed by atoms with Crippen LogP contribution in [-0.4, -0.2) is 26.2 Å². The number of thiophene rings is 1. The molecule has 0 saturated carbocycles. The number of anilines is 1. The van der Waals surface area contributed by atoms with Crippen LogP contribution >= 0.6 is 35.3 Å². The van der Waals surface area contributed by atoms with Crippen molar-refractivity contribution in [1.82, 2.24) is 5.32 Å². The van der Waals surface area contributed by atoms with Crippen LogP contribution in [0.15, 0.2) is 24.3 Å². The largest absolute Gasteiger partial charge is 0.368 e. The zero-order chi connectivity index (χ0) is 11.0. The van der Waals surface area contributed by atoms with Crippen molar-refractivity contribution in [2.45, 2.75) is 0 Å². The predicted molar refractivity (Wildman–Crippen MR) is 79.2 cm³/mol. The third kappa shape index (κ3) is 2.52. The Kier molecular flexibility index (Phi) is 4.15. The lowest BCUT2D eigenvalue weighted by atomic mass is 10.2. The number of fused-ring (bicyclic) bond motifs is 1. The zero-order valence-corrected chi connectivity index (χ0v) is 11.7. The molecule has 1 aliphatic rings. The first kappa shape index (κ1) is 13.0. The summed E-state index contributed by atoms with van der Waals surface area (Å²) in [5.41, 5.74) is 1.32. The molecule has 1 aromatic carbocycles. The highest BCUT2D eigenvalue weighted by molar-refractivity contribution is 7.22. The molecule has 0 spiro atoms. The van der Waals surface area contributed by atoms with Crippen molar-refractivity contribution in [2.24, 2.45) is 0 Å². The summed E-state index contributed by atoms with van der Waals surface area (Å²) in [5.74, 6) is 0. The smallest absolute Gasteiger partial charge is 0.0941 e. The van der Waals surface area contributed by atoms with E-state index < -0.39 is 0 Å². The number of halogens is 2. The van der Waals surface area contributed by atoms with Crippen LogP contribution in [0.4, 0.5) is 5.69 Å². The van der Waals surface area contributed by atoms with Gasteiger partial charge < -0.3 is 10.2 Å². The SMILES string of the molecule is Cl.Clc1cc2c(N3CCNCC3)cccc2s1. The Labute approximate surface area is 116 Å². The molecule has 92 valence electrons. The lowest BCUT2D eigenvalue weighted by Crippen LogP contribution is -2.43. The molecule has 3 rings (SSSR count). The van der Waals surface area contributed by atoms with Crippen molar-refractivity contribution in [3.05, 3.63) is 28.6 Å². The third-order valence-corrected chi connectivity index (χ3v) is 4.20. The second kappa shape index (κ2) is 5.44. The van der Waals surface area contributed by atoms with Gasteiger partial charge in [-0.2, -0.15) is 0 Å². The highest BCUT2D eigenvalue weighted by Crippen LogP contribution is 2.35. The van der Waals surface area contributed by atoms with Gasteiger partial charge in [0.25, 0.3) is 0 Å². The molecule has 5 heteroatoms. The number of nitrogens with zero attached hydrogens (tertiary/aromatic N) is 1. The van der Waals surface area contributed by atoms with E-state index in [0.717, 1.165) is 30.5 Å². The van der Waals surface area contributed by atoms with Crippen molar-refractivity contribution in [2.75, 3.05) is 31.1 Å². The number of benzene rings is 1. The van der Waals surface area contributed by atoms with E-state index in [-0.39, 0.29) is 12.4 Å². The lowest BCUT2D eigenvalue weighted by Gasteiger charge is -2.30. The van der Waals surface area contributed by atoms with Gasteiger partial charge in [0.2, 0.25) is 0 Å². The first-order valence-electron chi connectivity index (χ1n) is 5.48. The van der Waals surface area contributed by atoms with E-state index in [9.17, 15) is 0 Å². The number of piperazine rings is 1. The van der Waals surface area contributed by atoms with Crippen molar-refractivity contribution in [1.29, 1.82) is 0 Å². The second-order valence-electron chi connectivity index (χ2n) is 3.98. The summed E-state index contributed by atoms with van der Waals surface area (Å²) in [6.07, 6.45) is 0. The minimum Gasteiger partial charge on any atom is -0.368 e. The van der Waals surface area contributed by atoms with Gasteiger partial charge in [0.05, 0.1) is 4.34 Å². The first-order chi connectivity index (χ1) is 7.84. The summed E-state index contributed by atoms with van der Waals surface area (Å²) in [6.45, 7) is 4.28. The van der Waals surface area contributed by atoms with Crippen molar-refractivity contribution in [3.63, 3.8) is 0 Å². The average molecular weight is 289 g/mol. The quantitative estimate of drug-likeness (QED) is 0.865. The summed E-state index contributed by atoms with van der Waals surface area (Å²) in [7, 11) is 0. The highest BCUT2D eigenvalue weighted by atomic mass is 35.5. The van der Waals surface area contributed by atoms with Gasteiger partial charge >= 0.3 is 0 Å². The average Bonchev–Trinajstić information content (AvgIpc) is 2.70. The van der Waals surface area contributed by atoms with E-state index in [4.69, 9.17) is 11.6 Å². The molecule has 0 radical (unpaired) electrons. The van der Waals surface area contributed by atoms with Crippen molar-refractivity contribution in [3.8, 4) is 0 Å². The Morgan fingerprint density at radius 3 is 2.76 bits per heavy atom. The molecular formula is C12H14Cl2N2S. The molecule has 1 fully saturated rings. The maximum Gasteiger partial charge on any atom is 0.0941 e. The molecular weight excluding hydrogens is 275 g/mol. The van der Waals surface area contributed by atoms with Gasteiger partial charge in [-0.25, -0.2) is 0 Å². The molecule has 0 amide bonds. The fraction of sp³-hybridized carbons (Fsp3) is 0.333. The molecule has 2 aromatic rings. The molecule has 0 atom stereocenters. The topological polar surface area (TPSA) is 15.3 Å². The molecule has 0 aliphatic carbocycles. The first-order valence-corrected chi connectivity index (χ1v) is 6.68. The fourth-order valence-electron chi connectivity index (χ4n) is 2.20. The third-order valence-electron chi connectivity index (χ3n) is 2.97. The van der Waals surface area contributed by atoms with E-state index in [1.165, 1.54) is 15.8 Å². The standard InChI is InChI=1S/C12H13ClN2S.ClH/c13-12-8-9-10(2-1-3-11(9)16-12)15-6-4-14-5-7-15;/h1-3,8,14H,4-7H2;1H. The van der Waals surface area contributed by atoms with Crippen molar-refractivity contribution >= 4 is 51.1 Å². The van der Waals surface area contributed by atoms with Gasteiger partial charge in [0.15, 0.2) is 0 Å². The molecule has 0 bridgehead atoms. The molecule has 17 heavy (non-hydrogen) atoms. The minimum atomic E-state index is 0. The predicted octanol–water partition coefficient (Wildman–Crippen LogP) is 3.39. The Hall–Kier alpha value is -0.480. The van der Waals surface area contributed by atoms with Gasteiger partial charge in [-0.3, -0.25) is 0 Å². The zero-order valence-electron chi connectivity index (χ0n) is 9.28. The maximum atomic E-state index is 6.08. The molecule has 2 nitrogen and oxygen atoms in total. The van der Waals surface area contributed by atoms with Gasteiger partial charge in [-0.1, -0.05) is 17.7 Å². The van der Waals surface area contributed by atoms with Gasteiger partial charge in [0, 0.05) is 42.0 Å². The van der Waals surface area contributed by atoms with Crippen LogP contribution in [0, 0.1) is 0 Å². The van der Waals surface area contributed by atoms with E-state index >= 15 is 0 Å². The summed E-state index contributed by atoms with van der Waals surface area (Å²) >= 11 is 7.74. The summed E-state index contributed by atoms with van der Waals surface area (Å²) < 4.78 is 2.15. The summed E-state index contributed by atoms with van der Waals surface area (Å²) in [5, 5.41) is 4.66. The molecule has 1 N–H and O–H groups in total. The Morgan fingerprint density at radius 2 is 2.00 bits per heavy atom. The summed E-state index contributed by atoms with van der Waals surface area (Å²) in [6, 6.07) is 8.53. The Bertz CT molecular complexity index is 506. The summed E-state index contributed by atoms with van der Waals surface area (Å²) in [4.78, 5) is 2.43. The molecule has 1 aromatic heterocycles. The number of hydrogen-bond acceptors (Lipinski definition) is 3. The van der Waals surface area contributed by atoms with Crippen molar-refractivity contribution < 1.29 is 0 Å². The lowest BCUT2D eigenvalue weighted by molar-refractivity contribution is 0.590. The Morgan fingerprint density at radius 1 is 1.24 bits per heavy atom. The van der Waals surface area contributed by atoms with Crippen LogP contribution < -0.4 is 10.2 Å². The second-order valence-corrected chi connectivity index (χ2v) is 5.69. The maximum absolute atomic E-state index is 6.08. The van der Waals surface area contributed by atoms with Gasteiger partial charge in [-0.15, -0.1) is 23.7 Å². The van der Waals surface area contributed by atoms with Crippen LogP contribution in [-0.2, 0) is 0 Å². The van der Waals surface area contributed by atoms with Gasteiger partial charge in [0.1, 0.15) is 0 Å². The van der Waals surface area contributed by atoms with Gasteiger partial charge in [-0.05, 0) is 18.2 Å². The van der Waals surface area contributed by atoms with Crippen LogP contribution in [0.2, 0.25) is 4.34 Å². The van der Waals surface area contributed by atoms with Crippen LogP contribution in [0.3, 0.4) is 0 Å². The van der Waals surface area contributed by atoms with E-state index in [2.05, 4.69) is 34.5 Å². The van der Waals surface area contributed by atoms with E-state index in [0.29, 0.717) is 0 Å². The number of nitrogens with one attached hydrogen (secondary N) is 1. The molecule has 1 aliphatic heterocycles. The molecule has 2 heterocycles. The number of hydrogen-bond donors (Lipinski definition) is 1. The van der Waals surface area contributed by atoms with Crippen LogP contribution in [0.5, 0.6) is 0 Å². The number of rotatable bonds is 1.